The molecular weight excluding hydrogens is 466 g/mol. The first-order valence-corrected chi connectivity index (χ1v) is 6.14. The molecule has 0 saturated carbocycles. The van der Waals surface area contributed by atoms with Crippen molar-refractivity contribution in [3.8, 4) is 0 Å². The number of halogens is 1. The van der Waals surface area contributed by atoms with Gasteiger partial charge in [0.15, 0.2) is 0 Å². The third-order valence-corrected chi connectivity index (χ3v) is 3.98. The van der Waals surface area contributed by atoms with E-state index in [4.69, 9.17) is 39.2 Å². The molecule has 0 spiro atoms. The number of hydrogen-bond donors (Lipinski definition) is 0. The Morgan fingerprint density at radius 3 is 1.37 bits per heavy atom. The molecule has 2 heterocycles. The van der Waals surface area contributed by atoms with Crippen molar-refractivity contribution in [1.29, 1.82) is 0 Å². The molecule has 2 rings (SSSR count). The minimum absolute atomic E-state index is 0. The van der Waals surface area contributed by atoms with Crippen LogP contribution < -0.4 is 0 Å². The van der Waals surface area contributed by atoms with Crippen molar-refractivity contribution in [2.24, 2.45) is 0 Å². The molecule has 0 N–H and O–H groups in total. The molecule has 0 radical (unpaired) electrons. The van der Waals surface area contributed by atoms with Crippen LogP contribution in [0.15, 0.2) is 12.2 Å². The van der Waals surface area contributed by atoms with Gasteiger partial charge in [-0.2, -0.15) is 0 Å². The second-order valence-corrected chi connectivity index (χ2v) is 5.01. The summed E-state index contributed by atoms with van der Waals surface area (Å²) in [5, 5.41) is 0. The molecule has 2 aliphatic rings. The molecule has 100 valence electrons. The van der Waals surface area contributed by atoms with Gasteiger partial charge in [0.05, 0.1) is 6.10 Å². The van der Waals surface area contributed by atoms with Crippen LogP contribution in [0, 0.1) is 33.3 Å². The average molecular weight is 472 g/mol. The third kappa shape index (κ3) is 15.8. The maximum absolute atomic E-state index is 7.50. The molecule has 0 aromatic heterocycles. The molecule has 9 heteroatoms. The van der Waals surface area contributed by atoms with Crippen molar-refractivity contribution < 1.29 is 49.1 Å². The van der Waals surface area contributed by atoms with Crippen molar-refractivity contribution in [3.63, 3.8) is 0 Å². The number of rotatable bonds is 0. The van der Waals surface area contributed by atoms with Crippen LogP contribution in [0.1, 0.15) is 0 Å². The third-order valence-electron chi connectivity index (χ3n) is 1.44. The molecule has 2 aliphatic heterocycles. The maximum Gasteiger partial charge on any atom is 0 e. The monoisotopic (exact) mass is 472 g/mol. The van der Waals surface area contributed by atoms with Crippen LogP contribution in [-0.2, 0) is 49.1 Å². The van der Waals surface area contributed by atoms with E-state index in [1.807, 2.05) is 0 Å². The Hall–Kier alpha value is -0.192. The zero-order valence-electron chi connectivity index (χ0n) is 9.20. The van der Waals surface area contributed by atoms with Crippen LogP contribution in [-0.4, -0.2) is 18.1 Å². The molecule has 0 aromatic carbocycles. The molecule has 2 bridgehead atoms. The zero-order valence-corrected chi connectivity index (χ0v) is 13.8. The van der Waals surface area contributed by atoms with Gasteiger partial charge < -0.3 is 4.74 Å². The van der Waals surface area contributed by atoms with Gasteiger partial charge in [-0.05, 0) is 0 Å². The Morgan fingerprint density at radius 1 is 0.895 bits per heavy atom. The standard InChI is InChI=1S/C5H6ClOP.5CO.W/c6-8-3-4-1-2-5(8)7-4;5*1-2;/h1-2,4-5H,3H2;;;;;;/t4-,5-,8-;;;;;;/m1....../s1. The van der Waals surface area contributed by atoms with Crippen LogP contribution in [0.2, 0.25) is 0 Å². The van der Waals surface area contributed by atoms with Crippen LogP contribution in [0.3, 0.4) is 0 Å². The molecule has 19 heavy (non-hydrogen) atoms. The van der Waals surface area contributed by atoms with Crippen LogP contribution in [0.25, 0.3) is 0 Å². The van der Waals surface area contributed by atoms with E-state index in [1.54, 1.807) is 0 Å². The molecule has 0 aliphatic carbocycles. The van der Waals surface area contributed by atoms with Crippen molar-refractivity contribution in [2.45, 2.75) is 11.9 Å². The molecule has 1 fully saturated rings. The Labute approximate surface area is 131 Å². The summed E-state index contributed by atoms with van der Waals surface area (Å²) in [5.41, 5.74) is 0. The molecule has 0 unspecified atom stereocenters. The molecule has 3 atom stereocenters. The summed E-state index contributed by atoms with van der Waals surface area (Å²) in [6.45, 7) is 22.5. The minimum atomic E-state index is -0.316. The van der Waals surface area contributed by atoms with Gasteiger partial charge in [-0.3, -0.25) is 0 Å². The topological polar surface area (TPSA) is 109 Å². The first kappa shape index (κ1) is 31.3. The summed E-state index contributed by atoms with van der Waals surface area (Å²) in [6, 6.07) is 0. The molecular formula is C10H6ClO6PW. The van der Waals surface area contributed by atoms with E-state index in [0.717, 1.165) is 6.16 Å². The van der Waals surface area contributed by atoms with E-state index in [1.165, 1.54) is 0 Å². The van der Waals surface area contributed by atoms with Gasteiger partial charge in [-0.15, -0.1) is 0 Å². The van der Waals surface area contributed by atoms with Gasteiger partial charge in [0.1, 0.15) is 5.85 Å². The number of hydrogen-bond acceptors (Lipinski definition) is 1. The molecule has 0 amide bonds. The summed E-state index contributed by atoms with van der Waals surface area (Å²) in [4.78, 5) is 0. The summed E-state index contributed by atoms with van der Waals surface area (Å²) in [7, 11) is -0.316. The summed E-state index contributed by atoms with van der Waals surface area (Å²) in [5.74, 6) is 0.289. The van der Waals surface area contributed by atoms with Gasteiger partial charge in [0.2, 0.25) is 0 Å². The summed E-state index contributed by atoms with van der Waals surface area (Å²) in [6.07, 6.45) is 5.61. The van der Waals surface area contributed by atoms with Gasteiger partial charge in [0, 0.05) is 34.5 Å². The van der Waals surface area contributed by atoms with E-state index >= 15 is 0 Å². The predicted octanol–water partition coefficient (Wildman–Crippen LogP) is 1.73. The smallest absolute Gasteiger partial charge is 0 e. The fourth-order valence-corrected chi connectivity index (χ4v) is 3.10. The van der Waals surface area contributed by atoms with Gasteiger partial charge >= 0.3 is 56.5 Å². The van der Waals surface area contributed by atoms with Crippen LogP contribution in [0.5, 0.6) is 0 Å². The van der Waals surface area contributed by atoms with Crippen molar-refractivity contribution >= 4 is 18.5 Å². The second kappa shape index (κ2) is 30.7. The molecule has 1 saturated heterocycles. The van der Waals surface area contributed by atoms with Crippen molar-refractivity contribution in [3.05, 3.63) is 45.4 Å². The molecule has 0 aromatic rings. The average Bonchev–Trinajstić information content (AvgIpc) is 3.11. The normalized spacial score (nSPS) is 21.9. The summed E-state index contributed by atoms with van der Waals surface area (Å²) >= 11 is 5.90. The van der Waals surface area contributed by atoms with Gasteiger partial charge in [0.25, 0.3) is 0 Å². The quantitative estimate of drug-likeness (QED) is 0.228. The largest absolute Gasteiger partial charge is 0 e. The van der Waals surface area contributed by atoms with Crippen LogP contribution >= 0.6 is 18.5 Å². The Morgan fingerprint density at radius 2 is 1.26 bits per heavy atom. The second-order valence-electron chi connectivity index (χ2n) is 2.03. The Kier molecular flexibility index (Phi) is 50.5. The van der Waals surface area contributed by atoms with Gasteiger partial charge in [-0.25, -0.2) is 0 Å². The Bertz CT molecular complexity index is 277. The number of ether oxygens (including phenoxy) is 1. The predicted molar refractivity (Wildman–Crippen MR) is 55.1 cm³/mol. The zero-order chi connectivity index (χ0) is 15.6. The van der Waals surface area contributed by atoms with Crippen LogP contribution in [0.4, 0.5) is 0 Å². The minimum Gasteiger partial charge on any atom is 0 e. The summed E-state index contributed by atoms with van der Waals surface area (Å²) < 4.78 is 42.9. The van der Waals surface area contributed by atoms with Crippen molar-refractivity contribution in [1.82, 2.24) is 0 Å². The maximum atomic E-state index is 7.50. The van der Waals surface area contributed by atoms with E-state index in [-0.39, 0.29) is 34.2 Å². The van der Waals surface area contributed by atoms with E-state index < -0.39 is 0 Å². The van der Waals surface area contributed by atoms with E-state index in [2.05, 4.69) is 45.4 Å². The van der Waals surface area contributed by atoms with E-state index in [9.17, 15) is 0 Å². The first-order valence-electron chi connectivity index (χ1n) is 3.64. The fourth-order valence-electron chi connectivity index (χ4n) is 1.03. The van der Waals surface area contributed by atoms with Crippen molar-refractivity contribution in [2.75, 3.05) is 6.16 Å². The first-order chi connectivity index (χ1) is 8.86. The van der Waals surface area contributed by atoms with E-state index in [0.29, 0.717) is 6.10 Å². The van der Waals surface area contributed by atoms with Gasteiger partial charge in [-0.1, -0.05) is 23.4 Å². The fraction of sp³-hybridized carbons (Fsp3) is 0.300. The SMILES string of the molecule is Cl[P@]1C[C@H]2C=C[C@@H]1O2.[C-]#[O+].[C-]#[O+].[C-]#[O+].[C-]#[O+].[C-]#[O+].[W]. The Balaban J connectivity index is -0.0000000519. The molecule has 6 nitrogen and oxygen atoms in total. The number of fused-ring (bicyclic) bond motifs is 2.